The van der Waals surface area contributed by atoms with E-state index >= 15 is 0 Å². The van der Waals surface area contributed by atoms with E-state index in [2.05, 4.69) is 65.7 Å². The van der Waals surface area contributed by atoms with Crippen LogP contribution in [0.25, 0.3) is 0 Å². The minimum Gasteiger partial charge on any atom is -0.390 e. The number of thioether (sulfide) groups is 1. The SMILES string of the molecule is CCOC(C1CC(C)C2C(O1)C(O)C1(C)C3CCC4C(C)(C)C(OC5CN(CCN(CCCOCCOCCOCCCNC(=O)CCCCC6SCC7NC(=O)NC76)C(=O)CCC6(C)N=N6)CCO5)CCC45CC35CCC21C)C(C)(C)O. The van der Waals surface area contributed by atoms with Gasteiger partial charge in [0.15, 0.2) is 12.0 Å². The van der Waals surface area contributed by atoms with E-state index in [1.807, 2.05) is 44.4 Å². The zero-order valence-electron chi connectivity index (χ0n) is 52.1. The van der Waals surface area contributed by atoms with E-state index in [1.165, 1.54) is 12.8 Å². The number of hydrogen-bond acceptors (Lipinski definition) is 16. The molecule has 19 nitrogen and oxygen atoms in total. The Kier molecular flexibility index (Phi) is 20.0. The van der Waals surface area contributed by atoms with Crippen molar-refractivity contribution in [1.29, 1.82) is 0 Å². The molecule has 5 aliphatic heterocycles. The third-order valence-corrected chi connectivity index (χ3v) is 24.7. The lowest BCUT2D eigenvalue weighted by Gasteiger charge is -2.64. The number of aliphatic hydroxyl groups is 2. The van der Waals surface area contributed by atoms with Crippen LogP contribution in [0.1, 0.15) is 165 Å². The smallest absolute Gasteiger partial charge is 0.315 e. The predicted octanol–water partition coefficient (Wildman–Crippen LogP) is 7.48. The summed E-state index contributed by atoms with van der Waals surface area (Å²) in [5, 5.41) is 41.8. The Labute approximate surface area is 500 Å². The number of aliphatic hydroxyl groups excluding tert-OH is 1. The topological polar surface area (TPSA) is 224 Å². The van der Waals surface area contributed by atoms with E-state index in [0.29, 0.717) is 121 Å². The van der Waals surface area contributed by atoms with Crippen molar-refractivity contribution in [3.63, 3.8) is 0 Å². The Hall–Kier alpha value is -2.24. The number of unbranched alkanes of at least 4 members (excludes halogenated alkanes) is 1. The van der Waals surface area contributed by atoms with E-state index in [0.717, 1.165) is 89.5 Å². The number of nitrogens with zero attached hydrogens (tertiary/aromatic N) is 4. The van der Waals surface area contributed by atoms with Crippen LogP contribution in [-0.2, 0) is 42.7 Å². The zero-order valence-corrected chi connectivity index (χ0v) is 52.9. The fourth-order valence-corrected chi connectivity index (χ4v) is 20.4. The van der Waals surface area contributed by atoms with E-state index in [1.54, 1.807) is 0 Å². The van der Waals surface area contributed by atoms with Gasteiger partial charge in [0.1, 0.15) is 6.10 Å². The minimum absolute atomic E-state index is 0.0394. The van der Waals surface area contributed by atoms with Crippen LogP contribution in [0.2, 0.25) is 0 Å². The van der Waals surface area contributed by atoms with Crippen LogP contribution >= 0.6 is 11.8 Å². The Balaban J connectivity index is 0.621. The average Bonchev–Trinajstić information content (AvgIpc) is 1.48. The van der Waals surface area contributed by atoms with Gasteiger partial charge in [-0.3, -0.25) is 14.5 Å². The number of fused-ring (bicyclic) bond motifs is 5. The highest BCUT2D eigenvalue weighted by molar-refractivity contribution is 8.00. The van der Waals surface area contributed by atoms with Gasteiger partial charge in [-0.05, 0) is 150 Å². The molecule has 20 heteroatoms. The number of morpholine rings is 1. The fraction of sp³-hybridized carbons (Fsp3) is 0.952. The summed E-state index contributed by atoms with van der Waals surface area (Å²) in [4.78, 5) is 42.0. The van der Waals surface area contributed by atoms with Gasteiger partial charge >= 0.3 is 6.03 Å². The van der Waals surface area contributed by atoms with Gasteiger partial charge < -0.3 is 64.2 Å². The second-order valence-electron chi connectivity index (χ2n) is 28.9. The van der Waals surface area contributed by atoms with Crippen LogP contribution in [-0.4, -0.2) is 201 Å². The monoisotopic (exact) mass is 1190 g/mol. The lowest BCUT2D eigenvalue weighted by atomic mass is 9.41. The maximum Gasteiger partial charge on any atom is 0.315 e. The van der Waals surface area contributed by atoms with Crippen molar-refractivity contribution < 1.29 is 57.8 Å². The van der Waals surface area contributed by atoms with Crippen molar-refractivity contribution in [2.45, 2.75) is 230 Å². The summed E-state index contributed by atoms with van der Waals surface area (Å²) in [6.07, 6.45) is 12.9. The summed E-state index contributed by atoms with van der Waals surface area (Å²) >= 11 is 1.91. The zero-order chi connectivity index (χ0) is 59.0. The first-order valence-electron chi connectivity index (χ1n) is 32.7. The van der Waals surface area contributed by atoms with E-state index < -0.39 is 23.5 Å². The quantitative estimate of drug-likeness (QED) is 0.0336. The highest BCUT2D eigenvalue weighted by Gasteiger charge is 2.85. The molecule has 9 fully saturated rings. The Bertz CT molecular complexity index is 2260. The predicted molar refractivity (Wildman–Crippen MR) is 317 cm³/mol. The molecule has 0 aromatic rings. The molecular weight excluding hydrogens is 1080 g/mol. The number of carbonyl (C=O) groups is 3. The maximum atomic E-state index is 13.7. The van der Waals surface area contributed by atoms with Gasteiger partial charge in [0, 0.05) is 94.8 Å². The van der Waals surface area contributed by atoms with Gasteiger partial charge in [-0.25, -0.2) is 4.79 Å². The standard InChI is InChI=1S/C63H107N7O12S/c1-10-79-55(58(5,6)75)43-37-41(2)51-53(81-43)54(73)61(9)46-18-17-45-57(3,4)47(19-22-62(45)40-63(46,62)24-23-59(51,61)7)82-50-38-69(29-32-80-50)27-28-70(49(72)20-21-60(8)67-68-60)26-14-31-77-34-36-78-35-33-76-30-13-25-64-48(71)16-12-11-15-44-52-42(39-83-44)65-56(74)66-52/h41-47,50-55,73,75H,10-40H2,1-9H3,(H,64,71)(H2,65,66,74). The summed E-state index contributed by atoms with van der Waals surface area (Å²) in [7, 11) is 0. The van der Waals surface area contributed by atoms with Gasteiger partial charge in [-0.2, -0.15) is 22.0 Å². The number of carbonyl (C=O) groups excluding carboxylic acids is 3. The first-order valence-corrected chi connectivity index (χ1v) is 33.7. The van der Waals surface area contributed by atoms with Crippen molar-refractivity contribution in [3.05, 3.63) is 0 Å². The van der Waals surface area contributed by atoms with Gasteiger partial charge in [-0.15, -0.1) is 0 Å². The number of urea groups is 1. The Morgan fingerprint density at radius 1 is 0.916 bits per heavy atom. The Morgan fingerprint density at radius 2 is 1.64 bits per heavy atom. The molecule has 0 bridgehead atoms. The van der Waals surface area contributed by atoms with Crippen molar-refractivity contribution in [1.82, 2.24) is 25.8 Å². The summed E-state index contributed by atoms with van der Waals surface area (Å²) < 4.78 is 44.1. The number of rotatable bonds is 31. The first kappa shape index (κ1) is 63.8. The van der Waals surface area contributed by atoms with E-state index in [4.69, 9.17) is 33.2 Å². The molecular formula is C63H107N7O12S. The van der Waals surface area contributed by atoms with Crippen LogP contribution in [0.15, 0.2) is 10.2 Å². The van der Waals surface area contributed by atoms with Crippen LogP contribution in [0.5, 0.6) is 0 Å². The van der Waals surface area contributed by atoms with Crippen LogP contribution < -0.4 is 16.0 Å². The van der Waals surface area contributed by atoms with E-state index in [-0.39, 0.29) is 87.5 Å². The molecule has 0 aromatic carbocycles. The lowest BCUT2D eigenvalue weighted by Crippen LogP contribution is -2.60. The maximum absolute atomic E-state index is 13.7. The molecule has 0 aromatic heterocycles. The second-order valence-corrected chi connectivity index (χ2v) is 30.1. The molecule has 17 atom stereocenters. The van der Waals surface area contributed by atoms with E-state index in [9.17, 15) is 24.6 Å². The molecule has 5 saturated carbocycles. The molecule has 4 amide bonds. The molecule has 472 valence electrons. The number of amides is 4. The lowest BCUT2D eigenvalue weighted by molar-refractivity contribution is -0.249. The third-order valence-electron chi connectivity index (χ3n) is 23.2. The van der Waals surface area contributed by atoms with Crippen molar-refractivity contribution in [2.24, 2.45) is 61.0 Å². The van der Waals surface area contributed by atoms with Crippen molar-refractivity contribution in [2.75, 3.05) is 97.9 Å². The van der Waals surface area contributed by atoms with Crippen molar-refractivity contribution >= 4 is 29.6 Å². The molecule has 10 rings (SSSR count). The van der Waals surface area contributed by atoms with Gasteiger partial charge in [0.2, 0.25) is 11.8 Å². The summed E-state index contributed by atoms with van der Waals surface area (Å²) in [6.45, 7) is 27.9. The summed E-state index contributed by atoms with van der Waals surface area (Å²) in [5.74, 6) is 2.73. The van der Waals surface area contributed by atoms with Gasteiger partial charge in [-0.1, -0.05) is 41.0 Å². The average molecular weight is 1190 g/mol. The largest absolute Gasteiger partial charge is 0.390 e. The molecule has 4 saturated heterocycles. The molecule has 83 heavy (non-hydrogen) atoms. The molecule has 5 heterocycles. The van der Waals surface area contributed by atoms with Gasteiger partial charge in [0.25, 0.3) is 0 Å². The van der Waals surface area contributed by atoms with Crippen molar-refractivity contribution in [3.8, 4) is 0 Å². The highest BCUT2D eigenvalue weighted by Crippen LogP contribution is 2.89. The Morgan fingerprint density at radius 3 is 2.37 bits per heavy atom. The molecule has 5 aliphatic carbocycles. The number of nitrogens with one attached hydrogen (secondary N) is 3. The van der Waals surface area contributed by atoms with Crippen LogP contribution in [0, 0.1) is 50.7 Å². The second kappa shape index (κ2) is 26.1. The fourth-order valence-electron chi connectivity index (χ4n) is 18.8. The number of ether oxygens (including phenoxy) is 7. The molecule has 2 spiro atoms. The highest BCUT2D eigenvalue weighted by atomic mass is 32.2. The van der Waals surface area contributed by atoms with Crippen LogP contribution in [0.4, 0.5) is 4.79 Å². The third kappa shape index (κ3) is 13.1. The normalized spacial score (nSPS) is 39.3. The summed E-state index contributed by atoms with van der Waals surface area (Å²) in [5.41, 5.74) is -1.33. The number of hydrogen-bond donors (Lipinski definition) is 5. The minimum atomic E-state index is -1.05. The molecule has 17 unspecified atom stereocenters. The van der Waals surface area contributed by atoms with Gasteiger partial charge in [0.05, 0.1) is 75.1 Å². The molecule has 5 N–H and O–H groups in total. The van der Waals surface area contributed by atoms with Crippen LogP contribution in [0.3, 0.4) is 0 Å². The molecule has 0 radical (unpaired) electrons. The first-order chi connectivity index (χ1) is 39.6. The molecule has 10 aliphatic rings. The summed E-state index contributed by atoms with van der Waals surface area (Å²) in [6, 6.07) is 0.390.